The van der Waals surface area contributed by atoms with E-state index in [4.69, 9.17) is 0 Å². The van der Waals surface area contributed by atoms with Crippen LogP contribution in [0.5, 0.6) is 0 Å². The maximum absolute atomic E-state index is 11.6. The van der Waals surface area contributed by atoms with Gasteiger partial charge in [-0.1, -0.05) is 108 Å². The molecule has 156 valence electrons. The number of hydrogen-bond acceptors (Lipinski definition) is 2. The van der Waals surface area contributed by atoms with Crippen molar-refractivity contribution in [2.24, 2.45) is 0 Å². The van der Waals surface area contributed by atoms with Crippen LogP contribution in [0.4, 0.5) is 0 Å². The second kappa shape index (κ2) is 8.50. The summed E-state index contributed by atoms with van der Waals surface area (Å²) in [5.41, 5.74) is 6.69. The molecule has 0 unspecified atom stereocenters. The van der Waals surface area contributed by atoms with Crippen molar-refractivity contribution in [1.29, 1.82) is 0 Å². The van der Waals surface area contributed by atoms with Gasteiger partial charge in [0.05, 0.1) is 6.10 Å². The lowest BCUT2D eigenvalue weighted by atomic mass is 9.81. The van der Waals surface area contributed by atoms with Crippen molar-refractivity contribution in [1.82, 2.24) is 0 Å². The van der Waals surface area contributed by atoms with Crippen molar-refractivity contribution in [3.8, 4) is 22.3 Å². The third-order valence-corrected chi connectivity index (χ3v) is 6.02. The van der Waals surface area contributed by atoms with Gasteiger partial charge < -0.3 is 10.2 Å². The fourth-order valence-corrected chi connectivity index (χ4v) is 3.97. The lowest BCUT2D eigenvalue weighted by molar-refractivity contribution is -0.0394. The highest BCUT2D eigenvalue weighted by Crippen LogP contribution is 2.35. The molecule has 0 spiro atoms. The summed E-state index contributed by atoms with van der Waals surface area (Å²) in [5.74, 6) is 0. The third-order valence-electron chi connectivity index (χ3n) is 6.02. The molecule has 2 nitrogen and oxygen atoms in total. The van der Waals surface area contributed by atoms with Crippen molar-refractivity contribution in [3.05, 3.63) is 119 Å². The molecular weight excluding hydrogens is 380 g/mol. The van der Waals surface area contributed by atoms with E-state index in [-0.39, 0.29) is 0 Å². The van der Waals surface area contributed by atoms with E-state index in [1.807, 2.05) is 48.5 Å². The van der Waals surface area contributed by atoms with Crippen molar-refractivity contribution >= 4 is 0 Å². The van der Waals surface area contributed by atoms with Gasteiger partial charge in [-0.15, -0.1) is 0 Å². The standard InChI is InChI=1S/C29H28O2/c1-20-4-8-23(9-5-20)25-12-16-27(17-13-25)29(31,22(3)30)28-18-14-26(15-19-28)24-10-6-21(2)7-11-24/h4-19,22,30-31H,1-3H3/t22-/m0/s1. The first-order chi connectivity index (χ1) is 14.9. The van der Waals surface area contributed by atoms with Gasteiger partial charge in [0.25, 0.3) is 0 Å². The molecule has 0 aromatic heterocycles. The van der Waals surface area contributed by atoms with E-state index >= 15 is 0 Å². The van der Waals surface area contributed by atoms with Crippen molar-refractivity contribution in [2.45, 2.75) is 32.5 Å². The van der Waals surface area contributed by atoms with Gasteiger partial charge in [-0.25, -0.2) is 0 Å². The highest BCUT2D eigenvalue weighted by molar-refractivity contribution is 5.66. The van der Waals surface area contributed by atoms with Crippen LogP contribution in [0.2, 0.25) is 0 Å². The second-order valence-electron chi connectivity index (χ2n) is 8.33. The summed E-state index contributed by atoms with van der Waals surface area (Å²) in [6.07, 6.45) is -0.969. The summed E-state index contributed by atoms with van der Waals surface area (Å²) in [7, 11) is 0. The molecule has 0 saturated heterocycles. The Morgan fingerprint density at radius 2 is 0.774 bits per heavy atom. The fourth-order valence-electron chi connectivity index (χ4n) is 3.97. The van der Waals surface area contributed by atoms with E-state index in [1.54, 1.807) is 6.92 Å². The molecule has 4 aromatic rings. The lowest BCUT2D eigenvalue weighted by Crippen LogP contribution is -2.38. The maximum atomic E-state index is 11.6. The van der Waals surface area contributed by atoms with E-state index in [9.17, 15) is 10.2 Å². The normalized spacial score (nSPS) is 12.5. The molecule has 0 fully saturated rings. The summed E-state index contributed by atoms with van der Waals surface area (Å²) in [6.45, 7) is 5.77. The molecule has 1 atom stereocenters. The van der Waals surface area contributed by atoms with Crippen LogP contribution >= 0.6 is 0 Å². The Morgan fingerprint density at radius 3 is 1.03 bits per heavy atom. The molecule has 0 radical (unpaired) electrons. The minimum atomic E-state index is -1.49. The Morgan fingerprint density at radius 1 is 0.516 bits per heavy atom. The molecule has 4 rings (SSSR count). The smallest absolute Gasteiger partial charge is 0.140 e. The van der Waals surface area contributed by atoms with Crippen LogP contribution in [0.15, 0.2) is 97.1 Å². The molecule has 0 bridgehead atoms. The number of rotatable bonds is 5. The zero-order valence-electron chi connectivity index (χ0n) is 18.2. The van der Waals surface area contributed by atoms with Crippen LogP contribution in [-0.4, -0.2) is 16.3 Å². The van der Waals surface area contributed by atoms with Gasteiger partial charge in [-0.3, -0.25) is 0 Å². The van der Waals surface area contributed by atoms with Crippen LogP contribution < -0.4 is 0 Å². The average Bonchev–Trinajstić information content (AvgIpc) is 2.80. The summed E-state index contributed by atoms with van der Waals surface area (Å²) >= 11 is 0. The van der Waals surface area contributed by atoms with Gasteiger partial charge in [0.2, 0.25) is 0 Å². The van der Waals surface area contributed by atoms with Crippen LogP contribution in [-0.2, 0) is 5.60 Å². The predicted octanol–water partition coefficient (Wildman–Crippen LogP) is 6.25. The van der Waals surface area contributed by atoms with E-state index in [1.165, 1.54) is 11.1 Å². The zero-order chi connectivity index (χ0) is 22.0. The Balaban J connectivity index is 1.66. The van der Waals surface area contributed by atoms with Crippen LogP contribution in [0.1, 0.15) is 29.2 Å². The van der Waals surface area contributed by atoms with Crippen molar-refractivity contribution in [3.63, 3.8) is 0 Å². The van der Waals surface area contributed by atoms with Gasteiger partial charge in [-0.05, 0) is 54.2 Å². The van der Waals surface area contributed by atoms with E-state index in [2.05, 4.69) is 62.4 Å². The largest absolute Gasteiger partial charge is 0.390 e. The number of hydrogen-bond donors (Lipinski definition) is 2. The first-order valence-corrected chi connectivity index (χ1v) is 10.6. The first-order valence-electron chi connectivity index (χ1n) is 10.6. The van der Waals surface area contributed by atoms with Gasteiger partial charge >= 0.3 is 0 Å². The van der Waals surface area contributed by atoms with Crippen LogP contribution in [0, 0.1) is 13.8 Å². The molecule has 0 heterocycles. The Hall–Kier alpha value is -3.20. The zero-order valence-corrected chi connectivity index (χ0v) is 18.2. The minimum absolute atomic E-state index is 0.668. The lowest BCUT2D eigenvalue weighted by Gasteiger charge is -2.32. The quantitative estimate of drug-likeness (QED) is 0.409. The first kappa shape index (κ1) is 21.0. The van der Waals surface area contributed by atoms with Gasteiger partial charge in [-0.2, -0.15) is 0 Å². The summed E-state index contributed by atoms with van der Waals surface area (Å²) < 4.78 is 0. The summed E-state index contributed by atoms with van der Waals surface area (Å²) in [4.78, 5) is 0. The molecule has 31 heavy (non-hydrogen) atoms. The Kier molecular flexibility index (Phi) is 5.77. The summed E-state index contributed by atoms with van der Waals surface area (Å²) in [6, 6.07) is 32.3. The molecule has 2 N–H and O–H groups in total. The second-order valence-corrected chi connectivity index (χ2v) is 8.33. The topological polar surface area (TPSA) is 40.5 Å². The molecule has 0 aliphatic heterocycles. The van der Waals surface area contributed by atoms with Crippen LogP contribution in [0.25, 0.3) is 22.3 Å². The van der Waals surface area contributed by atoms with Crippen molar-refractivity contribution in [2.75, 3.05) is 0 Å². The highest BCUT2D eigenvalue weighted by atomic mass is 16.3. The van der Waals surface area contributed by atoms with Crippen LogP contribution in [0.3, 0.4) is 0 Å². The average molecular weight is 409 g/mol. The van der Waals surface area contributed by atoms with E-state index in [0.29, 0.717) is 11.1 Å². The van der Waals surface area contributed by atoms with E-state index < -0.39 is 11.7 Å². The SMILES string of the molecule is Cc1ccc(-c2ccc(C(O)(c3ccc(-c4ccc(C)cc4)cc3)[C@H](C)O)cc2)cc1. The maximum Gasteiger partial charge on any atom is 0.140 e. The third kappa shape index (κ3) is 4.18. The molecule has 0 aliphatic carbocycles. The minimum Gasteiger partial charge on any atom is -0.390 e. The number of aryl methyl sites for hydroxylation is 2. The van der Waals surface area contributed by atoms with Gasteiger partial charge in [0.15, 0.2) is 0 Å². The molecule has 0 aliphatic rings. The predicted molar refractivity (Wildman–Crippen MR) is 128 cm³/mol. The number of aliphatic hydroxyl groups excluding tert-OH is 1. The Bertz CT molecular complexity index is 1050. The van der Waals surface area contributed by atoms with Gasteiger partial charge in [0.1, 0.15) is 5.60 Å². The fraction of sp³-hybridized carbons (Fsp3) is 0.172. The number of benzene rings is 4. The monoisotopic (exact) mass is 408 g/mol. The highest BCUT2D eigenvalue weighted by Gasteiger charge is 2.36. The van der Waals surface area contributed by atoms with Gasteiger partial charge in [0, 0.05) is 0 Å². The molecule has 2 heteroatoms. The van der Waals surface area contributed by atoms with Crippen molar-refractivity contribution < 1.29 is 10.2 Å². The molecule has 0 saturated carbocycles. The Labute approximate surface area is 184 Å². The molecule has 0 amide bonds. The summed E-state index contributed by atoms with van der Waals surface area (Å²) in [5, 5.41) is 22.1. The molecule has 4 aromatic carbocycles. The van der Waals surface area contributed by atoms with E-state index in [0.717, 1.165) is 22.3 Å². The molecular formula is C29H28O2. The number of aliphatic hydroxyl groups is 2.